The van der Waals surface area contributed by atoms with Crippen LogP contribution in [0.5, 0.6) is 5.75 Å². The first-order valence-corrected chi connectivity index (χ1v) is 6.44. The summed E-state index contributed by atoms with van der Waals surface area (Å²) in [6.45, 7) is 2.96. The van der Waals surface area contributed by atoms with Gasteiger partial charge >= 0.3 is 11.9 Å². The molecule has 6 nitrogen and oxygen atoms in total. The zero-order valence-electron chi connectivity index (χ0n) is 12.0. The predicted molar refractivity (Wildman–Crippen MR) is 76.5 cm³/mol. The van der Waals surface area contributed by atoms with Gasteiger partial charge in [0.05, 0.1) is 12.1 Å². The first-order valence-electron chi connectivity index (χ1n) is 6.44. The molecule has 0 saturated carbocycles. The number of pyridine rings is 1. The number of benzene rings is 1. The molecule has 0 fully saturated rings. The average Bonchev–Trinajstić information content (AvgIpc) is 2.44. The maximum absolute atomic E-state index is 12.4. The zero-order valence-corrected chi connectivity index (χ0v) is 12.0. The first kappa shape index (κ1) is 14.8. The Balaban J connectivity index is 2.87. The van der Waals surface area contributed by atoms with E-state index in [4.69, 9.17) is 9.47 Å². The van der Waals surface area contributed by atoms with Gasteiger partial charge in [-0.3, -0.25) is 9.59 Å². The van der Waals surface area contributed by atoms with E-state index in [9.17, 15) is 14.4 Å². The van der Waals surface area contributed by atoms with E-state index < -0.39 is 17.5 Å². The second kappa shape index (κ2) is 5.78. The highest BCUT2D eigenvalue weighted by atomic mass is 16.5. The lowest BCUT2D eigenvalue weighted by atomic mass is 10.1. The minimum absolute atomic E-state index is 0.0559. The van der Waals surface area contributed by atoms with Gasteiger partial charge in [0.25, 0.3) is 5.56 Å². The lowest BCUT2D eigenvalue weighted by Crippen LogP contribution is -2.27. The third-order valence-corrected chi connectivity index (χ3v) is 2.98. The van der Waals surface area contributed by atoms with Crippen molar-refractivity contribution in [1.29, 1.82) is 0 Å². The average molecular weight is 289 g/mol. The van der Waals surface area contributed by atoms with E-state index in [0.29, 0.717) is 10.9 Å². The van der Waals surface area contributed by atoms with Gasteiger partial charge in [0.2, 0.25) is 0 Å². The minimum Gasteiger partial charge on any atom is -0.462 e. The molecule has 0 atom stereocenters. The van der Waals surface area contributed by atoms with Gasteiger partial charge < -0.3 is 14.0 Å². The summed E-state index contributed by atoms with van der Waals surface area (Å²) in [5, 5.41) is 0.498. The van der Waals surface area contributed by atoms with Crippen LogP contribution < -0.4 is 10.3 Å². The molecule has 0 N–H and O–H groups in total. The molecule has 2 rings (SSSR count). The molecule has 0 saturated heterocycles. The van der Waals surface area contributed by atoms with Gasteiger partial charge in [-0.2, -0.15) is 0 Å². The first-order chi connectivity index (χ1) is 9.97. The number of nitrogens with zero attached hydrogens (tertiary/aromatic N) is 1. The molecule has 1 heterocycles. The Kier molecular flexibility index (Phi) is 4.07. The molecule has 0 bridgehead atoms. The highest BCUT2D eigenvalue weighted by Gasteiger charge is 2.24. The highest BCUT2D eigenvalue weighted by molar-refractivity contribution is 6.01. The summed E-state index contributed by atoms with van der Waals surface area (Å²) in [6.07, 6.45) is 0. The van der Waals surface area contributed by atoms with Crippen LogP contribution in [0.3, 0.4) is 0 Å². The van der Waals surface area contributed by atoms with Crippen LogP contribution in [0.1, 0.15) is 24.2 Å². The highest BCUT2D eigenvalue weighted by Crippen LogP contribution is 2.28. The van der Waals surface area contributed by atoms with Gasteiger partial charge in [0.1, 0.15) is 0 Å². The topological polar surface area (TPSA) is 74.6 Å². The molecule has 1 aromatic heterocycles. The Bertz CT molecular complexity index is 775. The van der Waals surface area contributed by atoms with Crippen molar-refractivity contribution in [2.75, 3.05) is 6.61 Å². The van der Waals surface area contributed by atoms with Gasteiger partial charge in [0, 0.05) is 19.4 Å². The van der Waals surface area contributed by atoms with E-state index in [1.165, 1.54) is 11.5 Å². The molecule has 0 aliphatic heterocycles. The summed E-state index contributed by atoms with van der Waals surface area (Å²) in [4.78, 5) is 35.7. The van der Waals surface area contributed by atoms with Crippen molar-refractivity contribution in [2.24, 2.45) is 7.05 Å². The van der Waals surface area contributed by atoms with E-state index in [1.807, 2.05) is 0 Å². The van der Waals surface area contributed by atoms with E-state index >= 15 is 0 Å². The van der Waals surface area contributed by atoms with Crippen LogP contribution in [0, 0.1) is 0 Å². The normalized spacial score (nSPS) is 10.4. The molecule has 0 amide bonds. The maximum atomic E-state index is 12.4. The van der Waals surface area contributed by atoms with Crippen LogP contribution >= 0.6 is 0 Å². The molecular formula is C15H15NO5. The fourth-order valence-corrected chi connectivity index (χ4v) is 2.10. The molecule has 0 radical (unpaired) electrons. The summed E-state index contributed by atoms with van der Waals surface area (Å²) < 4.78 is 11.3. The summed E-state index contributed by atoms with van der Waals surface area (Å²) in [7, 11) is 1.55. The molecule has 0 aliphatic rings. The Morgan fingerprint density at radius 1 is 1.24 bits per heavy atom. The molecule has 1 aromatic carbocycles. The summed E-state index contributed by atoms with van der Waals surface area (Å²) in [6, 6.07) is 6.87. The van der Waals surface area contributed by atoms with Crippen LogP contribution in [0.2, 0.25) is 0 Å². The number of esters is 2. The Hall–Kier alpha value is -2.63. The van der Waals surface area contributed by atoms with Crippen molar-refractivity contribution in [3.8, 4) is 5.75 Å². The monoisotopic (exact) mass is 289 g/mol. The van der Waals surface area contributed by atoms with Gasteiger partial charge in [-0.05, 0) is 19.1 Å². The lowest BCUT2D eigenvalue weighted by Gasteiger charge is -2.13. The van der Waals surface area contributed by atoms with E-state index in [1.54, 1.807) is 38.2 Å². The van der Waals surface area contributed by atoms with Crippen molar-refractivity contribution in [3.05, 3.63) is 40.2 Å². The van der Waals surface area contributed by atoms with Crippen LogP contribution in [-0.2, 0) is 16.6 Å². The molecule has 0 aliphatic carbocycles. The standard InChI is InChI=1S/C15H15NO5/c1-4-20-15(19)12-13(21-9(2)17)10-7-5-6-8-11(10)16(3)14(12)18/h5-8H,4H2,1-3H3. The number of carbonyl (C=O) groups excluding carboxylic acids is 2. The third kappa shape index (κ3) is 2.65. The van der Waals surface area contributed by atoms with Gasteiger partial charge in [-0.15, -0.1) is 0 Å². The number of fused-ring (bicyclic) bond motifs is 1. The molecule has 2 aromatic rings. The fourth-order valence-electron chi connectivity index (χ4n) is 2.10. The Labute approximate surface area is 120 Å². The maximum Gasteiger partial charge on any atom is 0.347 e. The van der Waals surface area contributed by atoms with Gasteiger partial charge in [-0.1, -0.05) is 12.1 Å². The fraction of sp³-hybridized carbons (Fsp3) is 0.267. The van der Waals surface area contributed by atoms with E-state index in [2.05, 4.69) is 0 Å². The van der Waals surface area contributed by atoms with Crippen molar-refractivity contribution in [2.45, 2.75) is 13.8 Å². The van der Waals surface area contributed by atoms with E-state index in [0.717, 1.165) is 0 Å². The number of aromatic nitrogens is 1. The van der Waals surface area contributed by atoms with Crippen LogP contribution in [0.25, 0.3) is 10.9 Å². The van der Waals surface area contributed by atoms with Gasteiger partial charge in [-0.25, -0.2) is 4.79 Å². The van der Waals surface area contributed by atoms with Crippen molar-refractivity contribution in [3.63, 3.8) is 0 Å². The second-order valence-electron chi connectivity index (χ2n) is 4.40. The molecular weight excluding hydrogens is 274 g/mol. The smallest absolute Gasteiger partial charge is 0.347 e. The lowest BCUT2D eigenvalue weighted by molar-refractivity contribution is -0.131. The number of carbonyl (C=O) groups is 2. The predicted octanol–water partition coefficient (Wildman–Crippen LogP) is 1.64. The van der Waals surface area contributed by atoms with Gasteiger partial charge in [0.15, 0.2) is 11.3 Å². The molecule has 110 valence electrons. The molecule has 0 spiro atoms. The molecule has 21 heavy (non-hydrogen) atoms. The molecule has 0 unspecified atom stereocenters. The summed E-state index contributed by atoms with van der Waals surface area (Å²) in [5.74, 6) is -1.47. The SMILES string of the molecule is CCOC(=O)c1c(OC(C)=O)c2ccccc2n(C)c1=O. The van der Waals surface area contributed by atoms with Crippen LogP contribution in [-0.4, -0.2) is 23.1 Å². The Morgan fingerprint density at radius 3 is 2.52 bits per heavy atom. The number of rotatable bonds is 3. The largest absolute Gasteiger partial charge is 0.462 e. The van der Waals surface area contributed by atoms with Crippen LogP contribution in [0.4, 0.5) is 0 Å². The number of aryl methyl sites for hydroxylation is 1. The number of hydrogen-bond donors (Lipinski definition) is 0. The summed E-state index contributed by atoms with van der Waals surface area (Å²) in [5.41, 5.74) is -0.275. The van der Waals surface area contributed by atoms with Crippen LogP contribution in [0.15, 0.2) is 29.1 Å². The van der Waals surface area contributed by atoms with E-state index in [-0.39, 0.29) is 17.9 Å². The molecule has 6 heteroatoms. The quantitative estimate of drug-likeness (QED) is 0.803. The van der Waals surface area contributed by atoms with Crippen molar-refractivity contribution >= 4 is 22.8 Å². The third-order valence-electron chi connectivity index (χ3n) is 2.98. The minimum atomic E-state index is -0.805. The van der Waals surface area contributed by atoms with Crippen molar-refractivity contribution < 1.29 is 19.1 Å². The Morgan fingerprint density at radius 2 is 1.90 bits per heavy atom. The zero-order chi connectivity index (χ0) is 15.6. The second-order valence-corrected chi connectivity index (χ2v) is 4.40. The number of ether oxygens (including phenoxy) is 2. The number of para-hydroxylation sites is 1. The number of hydrogen-bond acceptors (Lipinski definition) is 5. The summed E-state index contributed by atoms with van der Waals surface area (Å²) >= 11 is 0. The van der Waals surface area contributed by atoms with Crippen molar-refractivity contribution in [1.82, 2.24) is 4.57 Å².